The lowest BCUT2D eigenvalue weighted by atomic mass is 10.2. The molecule has 0 radical (unpaired) electrons. The molecule has 0 saturated heterocycles. The number of rotatable bonds is 2. The van der Waals surface area contributed by atoms with Crippen molar-refractivity contribution >= 4 is 22.6 Å². The predicted molar refractivity (Wildman–Crippen MR) is 72.9 cm³/mol. The first kappa shape index (κ1) is 11.4. The van der Waals surface area contributed by atoms with Crippen molar-refractivity contribution in [3.63, 3.8) is 0 Å². The van der Waals surface area contributed by atoms with Gasteiger partial charge in [0.05, 0.1) is 5.52 Å². The van der Waals surface area contributed by atoms with Crippen LogP contribution in [0.25, 0.3) is 10.9 Å². The molecule has 0 fully saturated rings. The van der Waals surface area contributed by atoms with Gasteiger partial charge in [0.15, 0.2) is 5.82 Å². The number of nitrogens with zero attached hydrogens (tertiary/aromatic N) is 3. The predicted octanol–water partition coefficient (Wildman–Crippen LogP) is 2.22. The molecule has 1 aromatic carbocycles. The summed E-state index contributed by atoms with van der Waals surface area (Å²) in [6.07, 6.45) is 1.77. The van der Waals surface area contributed by atoms with Crippen LogP contribution in [-0.2, 0) is 7.05 Å². The molecule has 2 heterocycles. The lowest BCUT2D eigenvalue weighted by molar-refractivity contribution is 0.102. The Morgan fingerprint density at radius 3 is 2.79 bits per heavy atom. The highest BCUT2D eigenvalue weighted by Gasteiger charge is 2.09. The van der Waals surface area contributed by atoms with E-state index in [-0.39, 0.29) is 5.91 Å². The zero-order chi connectivity index (χ0) is 13.2. The highest BCUT2D eigenvalue weighted by atomic mass is 16.1. The van der Waals surface area contributed by atoms with Gasteiger partial charge in [-0.15, -0.1) is 0 Å². The van der Waals surface area contributed by atoms with E-state index in [1.807, 2.05) is 30.3 Å². The molecular weight excluding hydrogens is 240 g/mol. The number of hydrogen-bond donors (Lipinski definition) is 1. The van der Waals surface area contributed by atoms with Gasteiger partial charge in [-0.25, -0.2) is 4.98 Å². The number of nitrogens with one attached hydrogen (secondary N) is 1. The molecule has 0 saturated carbocycles. The summed E-state index contributed by atoms with van der Waals surface area (Å²) in [4.78, 5) is 16.4. The number of para-hydroxylation sites is 1. The van der Waals surface area contributed by atoms with Crippen LogP contribution in [0.1, 0.15) is 10.5 Å². The lowest BCUT2D eigenvalue weighted by Gasteiger charge is -2.03. The third kappa shape index (κ3) is 2.30. The van der Waals surface area contributed by atoms with E-state index in [9.17, 15) is 4.79 Å². The Labute approximate surface area is 109 Å². The first-order valence-electron chi connectivity index (χ1n) is 5.89. The summed E-state index contributed by atoms with van der Waals surface area (Å²) >= 11 is 0. The van der Waals surface area contributed by atoms with E-state index in [0.717, 1.165) is 10.9 Å². The van der Waals surface area contributed by atoms with E-state index in [2.05, 4.69) is 15.4 Å². The molecule has 5 heteroatoms. The fourth-order valence-electron chi connectivity index (χ4n) is 1.85. The Morgan fingerprint density at radius 1 is 1.16 bits per heavy atom. The average molecular weight is 252 g/mol. The quantitative estimate of drug-likeness (QED) is 0.760. The largest absolute Gasteiger partial charge is 0.304 e. The first-order chi connectivity index (χ1) is 9.22. The van der Waals surface area contributed by atoms with Crippen molar-refractivity contribution in [3.05, 3.63) is 54.4 Å². The van der Waals surface area contributed by atoms with Crippen LogP contribution in [0, 0.1) is 0 Å². The molecule has 0 spiro atoms. The summed E-state index contributed by atoms with van der Waals surface area (Å²) in [6.45, 7) is 0. The van der Waals surface area contributed by atoms with Crippen molar-refractivity contribution in [2.75, 3.05) is 5.32 Å². The third-order valence-corrected chi connectivity index (χ3v) is 2.79. The normalized spacial score (nSPS) is 10.6. The van der Waals surface area contributed by atoms with Gasteiger partial charge in [-0.1, -0.05) is 24.3 Å². The third-order valence-electron chi connectivity index (χ3n) is 2.79. The average Bonchev–Trinajstić information content (AvgIpc) is 2.83. The van der Waals surface area contributed by atoms with Gasteiger partial charge in [0.25, 0.3) is 5.91 Å². The zero-order valence-electron chi connectivity index (χ0n) is 10.4. The highest BCUT2D eigenvalue weighted by Crippen LogP contribution is 2.12. The molecular formula is C14H12N4O. The Balaban J connectivity index is 1.89. The molecule has 0 aliphatic heterocycles. The van der Waals surface area contributed by atoms with Crippen molar-refractivity contribution < 1.29 is 4.79 Å². The second kappa shape index (κ2) is 4.53. The minimum absolute atomic E-state index is 0.260. The molecule has 94 valence electrons. The monoisotopic (exact) mass is 252 g/mol. The van der Waals surface area contributed by atoms with E-state index in [0.29, 0.717) is 11.5 Å². The van der Waals surface area contributed by atoms with Crippen LogP contribution in [0.15, 0.2) is 48.7 Å². The summed E-state index contributed by atoms with van der Waals surface area (Å²) in [5, 5.41) is 7.82. The van der Waals surface area contributed by atoms with Crippen LogP contribution in [0.2, 0.25) is 0 Å². The molecule has 5 nitrogen and oxygen atoms in total. The minimum Gasteiger partial charge on any atom is -0.304 e. The molecule has 0 aliphatic carbocycles. The van der Waals surface area contributed by atoms with Crippen molar-refractivity contribution in [3.8, 4) is 0 Å². The van der Waals surface area contributed by atoms with Gasteiger partial charge in [0, 0.05) is 24.7 Å². The summed E-state index contributed by atoms with van der Waals surface area (Å²) in [5.41, 5.74) is 1.18. The molecule has 0 bridgehead atoms. The van der Waals surface area contributed by atoms with E-state index in [1.54, 1.807) is 30.1 Å². The smallest absolute Gasteiger partial charge is 0.275 e. The number of benzene rings is 1. The molecule has 3 aromatic rings. The molecule has 19 heavy (non-hydrogen) atoms. The van der Waals surface area contributed by atoms with Crippen LogP contribution in [-0.4, -0.2) is 20.7 Å². The van der Waals surface area contributed by atoms with E-state index in [1.165, 1.54) is 0 Å². The maximum Gasteiger partial charge on any atom is 0.275 e. The Kier molecular flexibility index (Phi) is 2.72. The zero-order valence-corrected chi connectivity index (χ0v) is 10.4. The van der Waals surface area contributed by atoms with Gasteiger partial charge in [-0.2, -0.15) is 5.10 Å². The summed E-state index contributed by atoms with van der Waals surface area (Å²) < 4.78 is 1.63. The fourth-order valence-corrected chi connectivity index (χ4v) is 1.85. The number of aromatic nitrogens is 3. The first-order valence-corrected chi connectivity index (χ1v) is 5.89. The SMILES string of the molecule is Cn1ccc(NC(=O)c2ccc3ccccc3n2)n1. The number of amides is 1. The van der Waals surface area contributed by atoms with E-state index in [4.69, 9.17) is 0 Å². The number of pyridine rings is 1. The van der Waals surface area contributed by atoms with Gasteiger partial charge in [-0.05, 0) is 12.1 Å². The Bertz CT molecular complexity index is 748. The van der Waals surface area contributed by atoms with Crippen LogP contribution in [0.5, 0.6) is 0 Å². The number of hydrogen-bond acceptors (Lipinski definition) is 3. The van der Waals surface area contributed by atoms with Crippen molar-refractivity contribution in [1.29, 1.82) is 0 Å². The Morgan fingerprint density at radius 2 is 2.00 bits per heavy atom. The maximum absolute atomic E-state index is 12.0. The number of anilines is 1. The number of carbonyl (C=O) groups excluding carboxylic acids is 1. The summed E-state index contributed by atoms with van der Waals surface area (Å²) in [7, 11) is 1.80. The Hall–Kier alpha value is -2.69. The van der Waals surface area contributed by atoms with Gasteiger partial charge in [0.2, 0.25) is 0 Å². The molecule has 2 aromatic heterocycles. The highest BCUT2D eigenvalue weighted by molar-refractivity contribution is 6.03. The van der Waals surface area contributed by atoms with Gasteiger partial charge in [0.1, 0.15) is 5.69 Å². The van der Waals surface area contributed by atoms with Crippen molar-refractivity contribution in [2.24, 2.45) is 7.05 Å². The van der Waals surface area contributed by atoms with Crippen LogP contribution < -0.4 is 5.32 Å². The van der Waals surface area contributed by atoms with Gasteiger partial charge >= 0.3 is 0 Å². The number of aryl methyl sites for hydroxylation is 1. The summed E-state index contributed by atoms with van der Waals surface area (Å²) in [6, 6.07) is 13.0. The van der Waals surface area contributed by atoms with Gasteiger partial charge in [-0.3, -0.25) is 9.48 Å². The second-order valence-electron chi connectivity index (χ2n) is 4.22. The minimum atomic E-state index is -0.260. The second-order valence-corrected chi connectivity index (χ2v) is 4.22. The van der Waals surface area contributed by atoms with E-state index < -0.39 is 0 Å². The van der Waals surface area contributed by atoms with Crippen LogP contribution in [0.3, 0.4) is 0 Å². The van der Waals surface area contributed by atoms with Gasteiger partial charge < -0.3 is 5.32 Å². The molecule has 0 aliphatic rings. The number of carbonyl (C=O) groups is 1. The van der Waals surface area contributed by atoms with Crippen LogP contribution >= 0.6 is 0 Å². The standard InChI is InChI=1S/C14H12N4O/c1-18-9-8-13(17-18)16-14(19)12-7-6-10-4-2-3-5-11(10)15-12/h2-9H,1H3,(H,16,17,19). The van der Waals surface area contributed by atoms with Crippen molar-refractivity contribution in [1.82, 2.24) is 14.8 Å². The molecule has 0 unspecified atom stereocenters. The molecule has 1 N–H and O–H groups in total. The fraction of sp³-hybridized carbons (Fsp3) is 0.0714. The maximum atomic E-state index is 12.0. The molecule has 0 atom stereocenters. The summed E-state index contributed by atoms with van der Waals surface area (Å²) in [5.74, 6) is 0.256. The molecule has 3 rings (SSSR count). The number of fused-ring (bicyclic) bond motifs is 1. The van der Waals surface area contributed by atoms with Crippen molar-refractivity contribution in [2.45, 2.75) is 0 Å². The molecule has 1 amide bonds. The van der Waals surface area contributed by atoms with E-state index >= 15 is 0 Å². The van der Waals surface area contributed by atoms with Crippen LogP contribution in [0.4, 0.5) is 5.82 Å². The topological polar surface area (TPSA) is 59.8 Å². The lowest BCUT2D eigenvalue weighted by Crippen LogP contribution is -2.14.